The number of nitrogens with zero attached hydrogens (tertiary/aromatic N) is 1. The molecule has 0 unspecified atom stereocenters. The van der Waals surface area contributed by atoms with E-state index in [1.165, 1.54) is 24.3 Å². The molecule has 0 aliphatic carbocycles. The molecule has 2 N–H and O–H groups in total. The van der Waals surface area contributed by atoms with Crippen molar-refractivity contribution in [2.24, 2.45) is 0 Å². The van der Waals surface area contributed by atoms with Gasteiger partial charge >= 0.3 is 11.7 Å². The normalized spacial score (nSPS) is 9.05. The molecule has 0 aromatic heterocycles. The molecule has 19 heavy (non-hydrogen) atoms. The predicted octanol–water partition coefficient (Wildman–Crippen LogP) is 2.69. The van der Waals surface area contributed by atoms with Crippen molar-refractivity contribution in [1.82, 2.24) is 0 Å². The lowest BCUT2D eigenvalue weighted by Gasteiger charge is -1.91. The molecule has 0 saturated carbocycles. The second-order valence-corrected chi connectivity index (χ2v) is 3.42. The lowest BCUT2D eigenvalue weighted by atomic mass is 10.2. The summed E-state index contributed by atoms with van der Waals surface area (Å²) in [5.41, 5.74) is 0.0694. The number of aromatic hydroxyl groups is 1. The Bertz CT molecular complexity index is 568. The van der Waals surface area contributed by atoms with Crippen LogP contribution in [0.5, 0.6) is 5.75 Å². The van der Waals surface area contributed by atoms with Crippen molar-refractivity contribution < 1.29 is 19.9 Å². The van der Waals surface area contributed by atoms with Crippen molar-refractivity contribution in [1.29, 1.82) is 0 Å². The number of nitro groups is 1. The maximum atomic E-state index is 10.2. The van der Waals surface area contributed by atoms with Crippen molar-refractivity contribution in [3.8, 4) is 5.75 Å². The minimum absolute atomic E-state index is 0.262. The van der Waals surface area contributed by atoms with Crippen molar-refractivity contribution >= 4 is 11.7 Å². The molecule has 2 aromatic carbocycles. The van der Waals surface area contributed by atoms with Crippen LogP contribution in [0.25, 0.3) is 0 Å². The Labute approximate surface area is 108 Å². The summed E-state index contributed by atoms with van der Waals surface area (Å²) < 4.78 is 0. The predicted molar refractivity (Wildman–Crippen MR) is 68.2 cm³/mol. The van der Waals surface area contributed by atoms with Crippen LogP contribution in [0.4, 0.5) is 5.69 Å². The third kappa shape index (κ3) is 4.47. The minimum atomic E-state index is -0.879. The van der Waals surface area contributed by atoms with Gasteiger partial charge in [0.05, 0.1) is 10.5 Å². The van der Waals surface area contributed by atoms with Gasteiger partial charge in [-0.15, -0.1) is 0 Å². The number of rotatable bonds is 2. The van der Waals surface area contributed by atoms with Gasteiger partial charge in [0.1, 0.15) is 0 Å². The summed E-state index contributed by atoms with van der Waals surface area (Å²) in [6.45, 7) is 0. The number of para-hydroxylation sites is 2. The van der Waals surface area contributed by atoms with Crippen LogP contribution in [0.1, 0.15) is 10.4 Å². The van der Waals surface area contributed by atoms with Gasteiger partial charge in [-0.1, -0.05) is 30.3 Å². The summed E-state index contributed by atoms with van der Waals surface area (Å²) in [7, 11) is 0. The highest BCUT2D eigenvalue weighted by Gasteiger charge is 2.09. The SMILES string of the molecule is O=C(O)c1ccccc1.O=[N+]([O-])c1ccccc1O. The average Bonchev–Trinajstić information content (AvgIpc) is 2.40. The third-order valence-corrected chi connectivity index (χ3v) is 2.10. The molecular weight excluding hydrogens is 250 g/mol. The molecule has 0 bridgehead atoms. The molecule has 6 heteroatoms. The third-order valence-electron chi connectivity index (χ3n) is 2.10. The molecule has 0 aliphatic heterocycles. The smallest absolute Gasteiger partial charge is 0.335 e. The fraction of sp³-hybridized carbons (Fsp3) is 0. The second-order valence-electron chi connectivity index (χ2n) is 3.42. The molecule has 0 spiro atoms. The van der Waals surface area contributed by atoms with Crippen LogP contribution in [0.15, 0.2) is 54.6 Å². The number of carboxylic acid groups (broad SMARTS) is 1. The van der Waals surface area contributed by atoms with Crippen molar-refractivity contribution in [2.75, 3.05) is 0 Å². The highest BCUT2D eigenvalue weighted by atomic mass is 16.6. The quantitative estimate of drug-likeness (QED) is 0.639. The van der Waals surface area contributed by atoms with E-state index in [0.29, 0.717) is 5.56 Å². The minimum Gasteiger partial charge on any atom is -0.502 e. The molecule has 0 fully saturated rings. The van der Waals surface area contributed by atoms with Crippen LogP contribution < -0.4 is 0 Å². The van der Waals surface area contributed by atoms with Gasteiger partial charge in [0.15, 0.2) is 5.75 Å². The first-order valence-corrected chi connectivity index (χ1v) is 5.23. The van der Waals surface area contributed by atoms with E-state index in [2.05, 4.69) is 0 Å². The fourth-order valence-electron chi connectivity index (χ4n) is 1.20. The first-order chi connectivity index (χ1) is 9.02. The van der Waals surface area contributed by atoms with E-state index in [0.717, 1.165) is 0 Å². The number of phenolic OH excluding ortho intramolecular Hbond substituents is 1. The number of aromatic carboxylic acids is 1. The first-order valence-electron chi connectivity index (χ1n) is 5.23. The topological polar surface area (TPSA) is 101 Å². The van der Waals surface area contributed by atoms with E-state index < -0.39 is 10.9 Å². The monoisotopic (exact) mass is 261 g/mol. The Morgan fingerprint density at radius 3 is 1.89 bits per heavy atom. The van der Waals surface area contributed by atoms with Gasteiger partial charge in [0.25, 0.3) is 0 Å². The van der Waals surface area contributed by atoms with E-state index >= 15 is 0 Å². The zero-order chi connectivity index (χ0) is 14.3. The van der Waals surface area contributed by atoms with Gasteiger partial charge in [0, 0.05) is 6.07 Å². The lowest BCUT2D eigenvalue weighted by molar-refractivity contribution is -0.385. The molecule has 0 amide bonds. The Hall–Kier alpha value is -2.89. The van der Waals surface area contributed by atoms with E-state index in [1.807, 2.05) is 0 Å². The van der Waals surface area contributed by atoms with Crippen LogP contribution in [-0.4, -0.2) is 21.1 Å². The number of carboxylic acids is 1. The number of phenols is 1. The van der Waals surface area contributed by atoms with Crippen molar-refractivity contribution in [2.45, 2.75) is 0 Å². The fourth-order valence-corrected chi connectivity index (χ4v) is 1.20. The van der Waals surface area contributed by atoms with Crippen LogP contribution in [-0.2, 0) is 0 Å². The van der Waals surface area contributed by atoms with Gasteiger partial charge in [0.2, 0.25) is 0 Å². The van der Waals surface area contributed by atoms with Crippen LogP contribution in [0.2, 0.25) is 0 Å². The molecular formula is C13H11NO5. The zero-order valence-corrected chi connectivity index (χ0v) is 9.76. The number of hydrogen-bond acceptors (Lipinski definition) is 4. The van der Waals surface area contributed by atoms with E-state index in [9.17, 15) is 14.9 Å². The number of carbonyl (C=O) groups is 1. The molecule has 2 aromatic rings. The standard InChI is InChI=1S/C7H6O2.C6H5NO3/c8-7(9)6-4-2-1-3-5-6;8-6-4-2-1-3-5(6)7(9)10/h1-5H,(H,8,9);1-4,8H. The molecule has 0 aliphatic rings. The molecule has 0 radical (unpaired) electrons. The summed E-state index contributed by atoms with van der Waals surface area (Å²) in [4.78, 5) is 19.6. The zero-order valence-electron chi connectivity index (χ0n) is 9.76. The maximum Gasteiger partial charge on any atom is 0.335 e. The van der Waals surface area contributed by atoms with E-state index in [-0.39, 0.29) is 11.4 Å². The van der Waals surface area contributed by atoms with Gasteiger partial charge in [-0.05, 0) is 18.2 Å². The first kappa shape index (κ1) is 14.2. The van der Waals surface area contributed by atoms with Crippen molar-refractivity contribution in [3.63, 3.8) is 0 Å². The van der Waals surface area contributed by atoms with Crippen LogP contribution in [0, 0.1) is 10.1 Å². The summed E-state index contributed by atoms with van der Waals surface area (Å²) in [5.74, 6) is -1.18. The summed E-state index contributed by atoms with van der Waals surface area (Å²) in [6.07, 6.45) is 0. The van der Waals surface area contributed by atoms with Crippen LogP contribution >= 0.6 is 0 Å². The molecule has 0 saturated heterocycles. The summed E-state index contributed by atoms with van der Waals surface area (Å²) in [5, 5.41) is 27.3. The molecule has 0 atom stereocenters. The highest BCUT2D eigenvalue weighted by Crippen LogP contribution is 2.23. The van der Waals surface area contributed by atoms with E-state index in [4.69, 9.17) is 10.2 Å². The molecule has 6 nitrogen and oxygen atoms in total. The summed E-state index contributed by atoms with van der Waals surface area (Å²) in [6, 6.07) is 13.8. The average molecular weight is 261 g/mol. The van der Waals surface area contributed by atoms with Crippen LogP contribution in [0.3, 0.4) is 0 Å². The number of nitro benzene ring substituents is 1. The van der Waals surface area contributed by atoms with Crippen molar-refractivity contribution in [3.05, 3.63) is 70.3 Å². The van der Waals surface area contributed by atoms with Gasteiger partial charge in [-0.3, -0.25) is 10.1 Å². The number of hydrogen-bond donors (Lipinski definition) is 2. The van der Waals surface area contributed by atoms with Gasteiger partial charge in [-0.2, -0.15) is 0 Å². The maximum absolute atomic E-state index is 10.2. The summed E-state index contributed by atoms with van der Waals surface area (Å²) >= 11 is 0. The van der Waals surface area contributed by atoms with Gasteiger partial charge < -0.3 is 10.2 Å². The Kier molecular flexibility index (Phi) is 5.04. The number of benzene rings is 2. The largest absolute Gasteiger partial charge is 0.502 e. The van der Waals surface area contributed by atoms with Gasteiger partial charge in [-0.25, -0.2) is 4.79 Å². The highest BCUT2D eigenvalue weighted by molar-refractivity contribution is 5.87. The molecule has 0 heterocycles. The molecule has 2 rings (SSSR count). The Balaban J connectivity index is 0.000000191. The Morgan fingerprint density at radius 2 is 1.53 bits per heavy atom. The Morgan fingerprint density at radius 1 is 1.00 bits per heavy atom. The molecule has 98 valence electrons. The van der Waals surface area contributed by atoms with E-state index in [1.54, 1.807) is 30.3 Å². The second kappa shape index (κ2) is 6.75. The lowest BCUT2D eigenvalue weighted by Crippen LogP contribution is -1.93.